The number of thiazole rings is 1. The van der Waals surface area contributed by atoms with Crippen molar-refractivity contribution in [1.82, 2.24) is 24.6 Å². The highest BCUT2D eigenvalue weighted by Gasteiger charge is 2.37. The maximum absolute atomic E-state index is 13.0. The van der Waals surface area contributed by atoms with Gasteiger partial charge in [0.25, 0.3) is 11.6 Å². The van der Waals surface area contributed by atoms with E-state index in [1.807, 2.05) is 17.2 Å². The molecule has 0 bridgehead atoms. The molecule has 0 aliphatic carbocycles. The summed E-state index contributed by atoms with van der Waals surface area (Å²) in [6.07, 6.45) is -3.74. The molecule has 0 atom stereocenters. The van der Waals surface area contributed by atoms with Gasteiger partial charge in [-0.25, -0.2) is 9.97 Å². The van der Waals surface area contributed by atoms with E-state index in [4.69, 9.17) is 0 Å². The standard InChI is InChI=1S/C16H18F3N7S/c1-10-8-12(26-14(20-10)22-13(23-26)16(17,18)19)24-4-3-5-25(7-6-24)15-21-11(2)9-27-15/h8-9H,3-7H2,1-2H3. The normalized spacial score (nSPS) is 16.2. The lowest BCUT2D eigenvalue weighted by molar-refractivity contribution is -0.144. The predicted octanol–water partition coefficient (Wildman–Crippen LogP) is 2.93. The molecule has 0 N–H and O–H groups in total. The van der Waals surface area contributed by atoms with Crippen LogP contribution in [0.1, 0.15) is 23.6 Å². The van der Waals surface area contributed by atoms with Crippen LogP contribution in [0.5, 0.6) is 0 Å². The van der Waals surface area contributed by atoms with Crippen LogP contribution in [0.15, 0.2) is 11.4 Å². The fourth-order valence-electron chi connectivity index (χ4n) is 3.14. The minimum Gasteiger partial charge on any atom is -0.355 e. The van der Waals surface area contributed by atoms with Gasteiger partial charge < -0.3 is 9.80 Å². The summed E-state index contributed by atoms with van der Waals surface area (Å²) in [5.41, 5.74) is 1.60. The Hall–Kier alpha value is -2.43. The lowest BCUT2D eigenvalue weighted by Crippen LogP contribution is -2.32. The molecule has 144 valence electrons. The number of fused-ring (bicyclic) bond motifs is 1. The van der Waals surface area contributed by atoms with Crippen molar-refractivity contribution < 1.29 is 13.2 Å². The third-order valence-electron chi connectivity index (χ3n) is 4.37. The van der Waals surface area contributed by atoms with Crippen LogP contribution in [0.3, 0.4) is 0 Å². The minimum absolute atomic E-state index is 0.0334. The van der Waals surface area contributed by atoms with E-state index in [9.17, 15) is 13.2 Å². The molecule has 11 heteroatoms. The largest absolute Gasteiger partial charge is 0.453 e. The second kappa shape index (κ2) is 6.63. The average Bonchev–Trinajstić information content (AvgIpc) is 3.13. The Balaban J connectivity index is 1.64. The summed E-state index contributed by atoms with van der Waals surface area (Å²) in [6, 6.07) is 1.75. The van der Waals surface area contributed by atoms with Gasteiger partial charge in [0.15, 0.2) is 5.13 Å². The van der Waals surface area contributed by atoms with Gasteiger partial charge in [0, 0.05) is 43.3 Å². The number of hydrogen-bond acceptors (Lipinski definition) is 7. The van der Waals surface area contributed by atoms with Crippen LogP contribution < -0.4 is 9.80 Å². The minimum atomic E-state index is -4.60. The summed E-state index contributed by atoms with van der Waals surface area (Å²) in [5, 5.41) is 6.66. The van der Waals surface area contributed by atoms with E-state index < -0.39 is 12.0 Å². The number of nitrogens with zero attached hydrogens (tertiary/aromatic N) is 7. The molecule has 0 amide bonds. The zero-order valence-electron chi connectivity index (χ0n) is 14.9. The van der Waals surface area contributed by atoms with Crippen molar-refractivity contribution in [3.63, 3.8) is 0 Å². The van der Waals surface area contributed by atoms with Gasteiger partial charge in [0.2, 0.25) is 0 Å². The molecule has 7 nitrogen and oxygen atoms in total. The summed E-state index contributed by atoms with van der Waals surface area (Å²) >= 11 is 1.61. The first-order chi connectivity index (χ1) is 12.8. The average molecular weight is 397 g/mol. The first kappa shape index (κ1) is 18.0. The Morgan fingerprint density at radius 2 is 1.70 bits per heavy atom. The number of halogens is 3. The van der Waals surface area contributed by atoms with Crippen LogP contribution >= 0.6 is 11.3 Å². The van der Waals surface area contributed by atoms with Crippen LogP contribution in [0.2, 0.25) is 0 Å². The highest BCUT2D eigenvalue weighted by molar-refractivity contribution is 7.13. The molecule has 1 fully saturated rings. The monoisotopic (exact) mass is 397 g/mol. The zero-order valence-corrected chi connectivity index (χ0v) is 15.7. The van der Waals surface area contributed by atoms with Crippen LogP contribution in [-0.4, -0.2) is 50.7 Å². The maximum Gasteiger partial charge on any atom is 0.453 e. The third-order valence-corrected chi connectivity index (χ3v) is 5.39. The molecule has 0 spiro atoms. The summed E-state index contributed by atoms with van der Waals surface area (Å²) in [6.45, 7) is 6.65. The van der Waals surface area contributed by atoms with Gasteiger partial charge in [-0.15, -0.1) is 16.4 Å². The second-order valence-electron chi connectivity index (χ2n) is 6.50. The third kappa shape index (κ3) is 3.55. The summed E-state index contributed by atoms with van der Waals surface area (Å²) in [4.78, 5) is 16.4. The Labute approximate surface area is 157 Å². The fraction of sp³-hybridized carbons (Fsp3) is 0.500. The summed E-state index contributed by atoms with van der Waals surface area (Å²) in [7, 11) is 0. The lowest BCUT2D eigenvalue weighted by atomic mass is 10.3. The van der Waals surface area contributed by atoms with Gasteiger partial charge in [-0.3, -0.25) is 0 Å². The molecular weight excluding hydrogens is 379 g/mol. The number of anilines is 2. The smallest absolute Gasteiger partial charge is 0.355 e. The van der Waals surface area contributed by atoms with Crippen molar-refractivity contribution in [3.8, 4) is 0 Å². The molecule has 3 aromatic rings. The number of aryl methyl sites for hydroxylation is 2. The second-order valence-corrected chi connectivity index (χ2v) is 7.34. The van der Waals surface area contributed by atoms with Crippen molar-refractivity contribution in [3.05, 3.63) is 28.7 Å². The van der Waals surface area contributed by atoms with Crippen molar-refractivity contribution in [2.24, 2.45) is 0 Å². The molecule has 4 heterocycles. The highest BCUT2D eigenvalue weighted by Crippen LogP contribution is 2.28. The zero-order chi connectivity index (χ0) is 19.2. The molecule has 0 radical (unpaired) electrons. The van der Waals surface area contributed by atoms with Crippen LogP contribution in [0, 0.1) is 13.8 Å². The van der Waals surface area contributed by atoms with E-state index in [0.29, 0.717) is 24.6 Å². The van der Waals surface area contributed by atoms with Gasteiger partial charge in [0.1, 0.15) is 5.82 Å². The molecule has 27 heavy (non-hydrogen) atoms. The molecule has 4 rings (SSSR count). The highest BCUT2D eigenvalue weighted by atomic mass is 32.1. The molecule has 0 unspecified atom stereocenters. The van der Waals surface area contributed by atoms with Crippen molar-refractivity contribution in [2.75, 3.05) is 36.0 Å². The van der Waals surface area contributed by atoms with Crippen molar-refractivity contribution in [2.45, 2.75) is 26.4 Å². The van der Waals surface area contributed by atoms with Gasteiger partial charge in [0.05, 0.1) is 5.69 Å². The number of rotatable bonds is 2. The Morgan fingerprint density at radius 1 is 0.963 bits per heavy atom. The SMILES string of the molecule is Cc1csc(N2CCCN(c3cc(C)nc4nc(C(F)(F)F)nn34)CC2)n1. The Kier molecular flexibility index (Phi) is 4.41. The quantitative estimate of drug-likeness (QED) is 0.663. The van der Waals surface area contributed by atoms with Crippen molar-refractivity contribution >= 4 is 28.1 Å². The lowest BCUT2D eigenvalue weighted by Gasteiger charge is -2.23. The molecule has 0 aromatic carbocycles. The Bertz CT molecular complexity index is 965. The number of hydrogen-bond donors (Lipinski definition) is 0. The maximum atomic E-state index is 13.0. The van der Waals surface area contributed by atoms with Crippen LogP contribution in [0.4, 0.5) is 24.1 Å². The van der Waals surface area contributed by atoms with Crippen LogP contribution in [0.25, 0.3) is 5.78 Å². The van der Waals surface area contributed by atoms with Gasteiger partial charge in [-0.05, 0) is 20.3 Å². The Morgan fingerprint density at radius 3 is 2.41 bits per heavy atom. The van der Waals surface area contributed by atoms with Crippen molar-refractivity contribution in [1.29, 1.82) is 0 Å². The first-order valence-electron chi connectivity index (χ1n) is 8.55. The van der Waals surface area contributed by atoms with Gasteiger partial charge >= 0.3 is 6.18 Å². The number of alkyl halides is 3. The molecule has 0 saturated carbocycles. The molecule has 1 aliphatic heterocycles. The van der Waals surface area contributed by atoms with E-state index in [1.165, 1.54) is 4.52 Å². The molecule has 1 saturated heterocycles. The predicted molar refractivity (Wildman–Crippen MR) is 96.4 cm³/mol. The van der Waals surface area contributed by atoms with E-state index in [2.05, 4.69) is 25.0 Å². The van der Waals surface area contributed by atoms with Gasteiger partial charge in [-0.2, -0.15) is 22.7 Å². The summed E-state index contributed by atoms with van der Waals surface area (Å²) in [5.74, 6) is -0.622. The topological polar surface area (TPSA) is 62.5 Å². The fourth-order valence-corrected chi connectivity index (χ4v) is 3.99. The molecule has 1 aliphatic rings. The molecular formula is C16H18F3N7S. The van der Waals surface area contributed by atoms with Gasteiger partial charge in [-0.1, -0.05) is 0 Å². The van der Waals surface area contributed by atoms with Crippen LogP contribution in [-0.2, 0) is 6.18 Å². The number of aromatic nitrogens is 5. The van der Waals surface area contributed by atoms with E-state index in [1.54, 1.807) is 24.3 Å². The summed E-state index contributed by atoms with van der Waals surface area (Å²) < 4.78 is 40.2. The van der Waals surface area contributed by atoms with E-state index >= 15 is 0 Å². The first-order valence-corrected chi connectivity index (χ1v) is 9.43. The molecule has 3 aromatic heterocycles. The van der Waals surface area contributed by atoms with E-state index in [0.717, 1.165) is 30.3 Å². The van der Waals surface area contributed by atoms with E-state index in [-0.39, 0.29) is 5.78 Å².